The largest absolute Gasteiger partial charge is 0.404 e. The van der Waals surface area contributed by atoms with Gasteiger partial charge in [-0.25, -0.2) is 4.39 Å². The van der Waals surface area contributed by atoms with Crippen molar-refractivity contribution in [1.82, 2.24) is 4.90 Å². The van der Waals surface area contributed by atoms with Crippen LogP contribution in [-0.2, 0) is 6.42 Å². The highest BCUT2D eigenvalue weighted by molar-refractivity contribution is 5.75. The molecular formula is C28H41FN6. The Hall–Kier alpha value is -3.42. The molecular weight excluding hydrogens is 439 g/mol. The first kappa shape index (κ1) is 29.6. The molecule has 190 valence electrons. The maximum absolute atomic E-state index is 12.9. The summed E-state index contributed by atoms with van der Waals surface area (Å²) in [5.41, 5.74) is 27.4. The number of nitrogens with one attached hydrogen (secondary N) is 1. The molecule has 9 N–H and O–H groups in total. The number of nitrogens with two attached hydrogens (primary N) is 4. The Bertz CT molecular complexity index is 934. The van der Waals surface area contributed by atoms with Crippen molar-refractivity contribution < 1.29 is 4.39 Å². The van der Waals surface area contributed by atoms with Gasteiger partial charge in [0.05, 0.1) is 6.17 Å². The van der Waals surface area contributed by atoms with E-state index in [2.05, 4.69) is 49.6 Å². The molecule has 0 saturated carbocycles. The molecule has 0 aromatic heterocycles. The van der Waals surface area contributed by atoms with Crippen LogP contribution in [0.5, 0.6) is 0 Å². The van der Waals surface area contributed by atoms with Crippen molar-refractivity contribution in [3.05, 3.63) is 108 Å². The van der Waals surface area contributed by atoms with Gasteiger partial charge in [0.2, 0.25) is 0 Å². The molecule has 35 heavy (non-hydrogen) atoms. The third-order valence-corrected chi connectivity index (χ3v) is 5.30. The summed E-state index contributed by atoms with van der Waals surface area (Å²) in [5, 5.41) is 7.07. The van der Waals surface area contributed by atoms with E-state index in [-0.39, 0.29) is 6.17 Å². The monoisotopic (exact) mass is 480 g/mol. The van der Waals surface area contributed by atoms with Crippen LogP contribution in [0.1, 0.15) is 49.0 Å². The predicted octanol–water partition coefficient (Wildman–Crippen LogP) is 4.49. The van der Waals surface area contributed by atoms with Crippen LogP contribution in [-0.4, -0.2) is 30.4 Å². The van der Waals surface area contributed by atoms with Gasteiger partial charge < -0.3 is 33.2 Å². The van der Waals surface area contributed by atoms with E-state index < -0.39 is 6.17 Å². The Morgan fingerprint density at radius 3 is 2.11 bits per heavy atom. The van der Waals surface area contributed by atoms with E-state index in [0.717, 1.165) is 36.2 Å². The minimum absolute atomic E-state index is 0.384. The molecule has 1 aliphatic rings. The third-order valence-electron chi connectivity index (χ3n) is 5.30. The Kier molecular flexibility index (Phi) is 13.7. The van der Waals surface area contributed by atoms with E-state index in [1.807, 2.05) is 23.1 Å². The number of alkyl halides is 1. The molecule has 0 spiro atoms. The van der Waals surface area contributed by atoms with Crippen molar-refractivity contribution in [2.45, 2.75) is 44.9 Å². The average Bonchev–Trinajstić information content (AvgIpc) is 3.27. The summed E-state index contributed by atoms with van der Waals surface area (Å²) in [5.74, 6) is 0. The number of hydrogen-bond acceptors (Lipinski definition) is 6. The molecule has 2 aromatic rings. The van der Waals surface area contributed by atoms with Crippen LogP contribution in [0.25, 0.3) is 0 Å². The topological polar surface area (TPSA) is 131 Å². The molecule has 1 unspecified atom stereocenters. The SMILES string of the molecule is C=C(C)N.C=C(CC/C(C=N)=C/N)N1CCC(F)C1.NC(N)c1ccc(Cc2ccccc2)cc1. The first-order valence-electron chi connectivity index (χ1n) is 11.7. The lowest BCUT2D eigenvalue weighted by molar-refractivity contribution is 0.320. The summed E-state index contributed by atoms with van der Waals surface area (Å²) in [4.78, 5) is 1.97. The highest BCUT2D eigenvalue weighted by atomic mass is 19.1. The van der Waals surface area contributed by atoms with Crippen molar-refractivity contribution in [3.63, 3.8) is 0 Å². The van der Waals surface area contributed by atoms with Gasteiger partial charge in [0.15, 0.2) is 0 Å². The zero-order valence-corrected chi connectivity index (χ0v) is 20.8. The van der Waals surface area contributed by atoms with Crippen LogP contribution >= 0.6 is 0 Å². The quantitative estimate of drug-likeness (QED) is 0.281. The van der Waals surface area contributed by atoms with E-state index in [1.54, 1.807) is 6.92 Å². The van der Waals surface area contributed by atoms with Crippen LogP contribution < -0.4 is 22.9 Å². The standard InChI is InChI=1S/C14H16N2.C11H18FN3.C3H7N/c15-14(16)13-8-6-12(7-9-13)10-11-4-2-1-3-5-11;1-9(2-3-10(6-13)7-14)15-5-4-11(12)8-15;1-3(2)4/h1-9,14H,10,15-16H2;6-7,11,13H,1-5,8,14H2;1,4H2,2H3/b;10-7-,13-6?;. The molecule has 6 nitrogen and oxygen atoms in total. The van der Waals surface area contributed by atoms with Gasteiger partial charge in [-0.15, -0.1) is 0 Å². The van der Waals surface area contributed by atoms with Crippen LogP contribution in [0.3, 0.4) is 0 Å². The highest BCUT2D eigenvalue weighted by Crippen LogP contribution is 2.20. The second-order valence-corrected chi connectivity index (χ2v) is 8.56. The van der Waals surface area contributed by atoms with Gasteiger partial charge in [0.25, 0.3) is 0 Å². The number of nitrogens with zero attached hydrogens (tertiary/aromatic N) is 1. The second-order valence-electron chi connectivity index (χ2n) is 8.56. The van der Waals surface area contributed by atoms with Crippen LogP contribution in [0.2, 0.25) is 0 Å². The molecule has 1 saturated heterocycles. The Labute approximate surface area is 209 Å². The zero-order chi connectivity index (χ0) is 26.2. The molecule has 1 atom stereocenters. The smallest absolute Gasteiger partial charge is 0.119 e. The summed E-state index contributed by atoms with van der Waals surface area (Å²) in [6, 6.07) is 18.5. The summed E-state index contributed by atoms with van der Waals surface area (Å²) in [6.45, 7) is 10.2. The zero-order valence-electron chi connectivity index (χ0n) is 20.8. The lowest BCUT2D eigenvalue weighted by atomic mass is 10.0. The number of hydrogen-bond donors (Lipinski definition) is 5. The molecule has 0 aliphatic carbocycles. The number of rotatable bonds is 8. The van der Waals surface area contributed by atoms with Crippen LogP contribution in [0.15, 0.2) is 90.9 Å². The average molecular weight is 481 g/mol. The first-order valence-corrected chi connectivity index (χ1v) is 11.7. The number of allylic oxidation sites excluding steroid dienone is 3. The van der Waals surface area contributed by atoms with Crippen LogP contribution in [0, 0.1) is 5.41 Å². The maximum atomic E-state index is 12.9. The summed E-state index contributed by atoms with van der Waals surface area (Å²) < 4.78 is 12.9. The fraction of sp³-hybridized carbons (Fsp3) is 0.321. The normalized spacial score (nSPS) is 14.9. The van der Waals surface area contributed by atoms with Gasteiger partial charge >= 0.3 is 0 Å². The van der Waals surface area contributed by atoms with Crippen molar-refractivity contribution in [1.29, 1.82) is 5.41 Å². The summed E-state index contributed by atoms with van der Waals surface area (Å²) >= 11 is 0. The molecule has 0 radical (unpaired) electrons. The molecule has 1 fully saturated rings. The Morgan fingerprint density at radius 2 is 1.66 bits per heavy atom. The minimum Gasteiger partial charge on any atom is -0.404 e. The van der Waals surface area contributed by atoms with Crippen molar-refractivity contribution in [3.8, 4) is 0 Å². The van der Waals surface area contributed by atoms with E-state index >= 15 is 0 Å². The summed E-state index contributed by atoms with van der Waals surface area (Å²) in [6.07, 6.45) is 4.57. The van der Waals surface area contributed by atoms with Gasteiger partial charge in [-0.2, -0.15) is 0 Å². The number of benzene rings is 2. The molecule has 0 bridgehead atoms. The minimum atomic E-state index is -0.714. The Morgan fingerprint density at radius 1 is 1.09 bits per heavy atom. The van der Waals surface area contributed by atoms with E-state index in [0.29, 0.717) is 25.1 Å². The molecule has 1 aliphatic heterocycles. The van der Waals surface area contributed by atoms with Gasteiger partial charge in [-0.05, 0) is 66.8 Å². The van der Waals surface area contributed by atoms with Gasteiger partial charge in [-0.3, -0.25) is 0 Å². The molecule has 2 aromatic carbocycles. The molecule has 0 amide bonds. The molecule has 1 heterocycles. The second kappa shape index (κ2) is 16.2. The molecule has 3 rings (SSSR count). The molecule has 7 heteroatoms. The van der Waals surface area contributed by atoms with Crippen molar-refractivity contribution in [2.75, 3.05) is 13.1 Å². The lowest BCUT2D eigenvalue weighted by Gasteiger charge is -2.20. The first-order chi connectivity index (χ1) is 16.7. The maximum Gasteiger partial charge on any atom is 0.119 e. The summed E-state index contributed by atoms with van der Waals surface area (Å²) in [7, 11) is 0. The number of likely N-dealkylation sites (tertiary alicyclic amines) is 1. The van der Waals surface area contributed by atoms with Gasteiger partial charge in [-0.1, -0.05) is 67.8 Å². The van der Waals surface area contributed by atoms with Crippen molar-refractivity contribution >= 4 is 6.21 Å². The van der Waals surface area contributed by atoms with E-state index in [9.17, 15) is 4.39 Å². The van der Waals surface area contributed by atoms with Gasteiger partial charge in [0, 0.05) is 25.0 Å². The van der Waals surface area contributed by atoms with Crippen LogP contribution in [0.4, 0.5) is 4.39 Å². The third kappa shape index (κ3) is 12.6. The predicted molar refractivity (Wildman–Crippen MR) is 146 cm³/mol. The van der Waals surface area contributed by atoms with E-state index in [1.165, 1.54) is 23.5 Å². The fourth-order valence-corrected chi connectivity index (χ4v) is 3.34. The van der Waals surface area contributed by atoms with Crippen molar-refractivity contribution in [2.24, 2.45) is 22.9 Å². The number of halogens is 1. The van der Waals surface area contributed by atoms with Gasteiger partial charge in [0.1, 0.15) is 6.17 Å². The van der Waals surface area contributed by atoms with E-state index in [4.69, 9.17) is 28.3 Å². The lowest BCUT2D eigenvalue weighted by Crippen LogP contribution is -2.19. The highest BCUT2D eigenvalue weighted by Gasteiger charge is 2.22. The Balaban J connectivity index is 0.000000305. The fourth-order valence-electron chi connectivity index (χ4n) is 3.34.